The van der Waals surface area contributed by atoms with Gasteiger partial charge < -0.3 is 10.2 Å². The van der Waals surface area contributed by atoms with Gasteiger partial charge in [0.05, 0.1) is 6.10 Å². The minimum atomic E-state index is -0.275. The Morgan fingerprint density at radius 3 is 2.70 bits per heavy atom. The van der Waals surface area contributed by atoms with Gasteiger partial charge in [-0.3, -0.25) is 0 Å². The molecule has 0 aromatic rings. The van der Waals surface area contributed by atoms with Gasteiger partial charge in [-0.15, -0.1) is 0 Å². The van der Waals surface area contributed by atoms with Crippen molar-refractivity contribution in [1.82, 2.24) is 0 Å². The summed E-state index contributed by atoms with van der Waals surface area (Å²) in [6, 6.07) is 0. The van der Waals surface area contributed by atoms with Gasteiger partial charge in [0, 0.05) is 6.61 Å². The van der Waals surface area contributed by atoms with Crippen LogP contribution in [0.1, 0.15) is 26.2 Å². The lowest BCUT2D eigenvalue weighted by molar-refractivity contribution is 0.152. The van der Waals surface area contributed by atoms with Crippen molar-refractivity contribution in [3.8, 4) is 0 Å². The van der Waals surface area contributed by atoms with E-state index in [0.717, 1.165) is 0 Å². The summed E-state index contributed by atoms with van der Waals surface area (Å²) in [6.07, 6.45) is 5.67. The van der Waals surface area contributed by atoms with Crippen molar-refractivity contribution < 1.29 is 10.2 Å². The van der Waals surface area contributed by atoms with E-state index in [4.69, 9.17) is 10.2 Å². The van der Waals surface area contributed by atoms with E-state index in [9.17, 15) is 0 Å². The maximum Gasteiger partial charge on any atom is 0.0575 e. The Balaban J connectivity index is 3.16. The van der Waals surface area contributed by atoms with Crippen LogP contribution in [0.4, 0.5) is 0 Å². The number of allylic oxidation sites excluding steroid dienone is 1. The van der Waals surface area contributed by atoms with Gasteiger partial charge in [-0.05, 0) is 26.2 Å². The second-order valence-electron chi connectivity index (χ2n) is 2.32. The normalized spacial score (nSPS) is 14.3. The van der Waals surface area contributed by atoms with Gasteiger partial charge >= 0.3 is 0 Å². The first-order chi connectivity index (χ1) is 4.81. The summed E-state index contributed by atoms with van der Waals surface area (Å²) in [5, 5.41) is 17.6. The Hall–Kier alpha value is -0.340. The van der Waals surface area contributed by atoms with Crippen molar-refractivity contribution >= 4 is 0 Å². The lowest BCUT2D eigenvalue weighted by Crippen LogP contribution is -2.05. The quantitative estimate of drug-likeness (QED) is 0.567. The van der Waals surface area contributed by atoms with Gasteiger partial charge in [-0.1, -0.05) is 12.2 Å². The first kappa shape index (κ1) is 9.66. The van der Waals surface area contributed by atoms with Crippen LogP contribution in [-0.2, 0) is 0 Å². The average Bonchev–Trinajstić information content (AvgIpc) is 1.97. The molecule has 0 aromatic heterocycles. The lowest BCUT2D eigenvalue weighted by Gasteiger charge is -2.04. The van der Waals surface area contributed by atoms with Gasteiger partial charge in [0.25, 0.3) is 0 Å². The number of aliphatic hydroxyl groups excluding tert-OH is 2. The average molecular weight is 144 g/mol. The molecular formula is C8H16O2. The molecule has 0 saturated heterocycles. The van der Waals surface area contributed by atoms with Crippen LogP contribution in [0.15, 0.2) is 12.2 Å². The van der Waals surface area contributed by atoms with E-state index in [1.807, 2.05) is 19.1 Å². The van der Waals surface area contributed by atoms with Crippen molar-refractivity contribution in [2.24, 2.45) is 0 Å². The van der Waals surface area contributed by atoms with Crippen LogP contribution in [0.5, 0.6) is 0 Å². The molecule has 0 heterocycles. The molecule has 0 aliphatic rings. The highest BCUT2D eigenvalue weighted by molar-refractivity contribution is 4.79. The molecule has 0 amide bonds. The molecule has 0 aliphatic heterocycles. The zero-order chi connectivity index (χ0) is 7.82. The summed E-state index contributed by atoms with van der Waals surface area (Å²) in [6.45, 7) is 2.10. The Kier molecular flexibility index (Phi) is 6.55. The maximum absolute atomic E-state index is 9.15. The number of aliphatic hydroxyl groups is 2. The summed E-state index contributed by atoms with van der Waals surface area (Å²) in [7, 11) is 0. The molecule has 0 radical (unpaired) electrons. The van der Waals surface area contributed by atoms with Crippen LogP contribution in [0, 0.1) is 0 Å². The molecule has 60 valence electrons. The van der Waals surface area contributed by atoms with Crippen LogP contribution >= 0.6 is 0 Å². The Bertz CT molecular complexity index is 89.3. The summed E-state index contributed by atoms with van der Waals surface area (Å²) in [4.78, 5) is 0. The molecule has 2 nitrogen and oxygen atoms in total. The van der Waals surface area contributed by atoms with Crippen molar-refractivity contribution in [3.63, 3.8) is 0 Å². The molecule has 2 N–H and O–H groups in total. The molecule has 0 fully saturated rings. The maximum atomic E-state index is 9.15. The predicted molar refractivity (Wildman–Crippen MR) is 41.8 cm³/mol. The van der Waals surface area contributed by atoms with Crippen molar-refractivity contribution in [1.29, 1.82) is 0 Å². The van der Waals surface area contributed by atoms with Gasteiger partial charge in [-0.2, -0.15) is 0 Å². The third kappa shape index (κ3) is 5.79. The minimum absolute atomic E-state index is 0.174. The standard InChI is InChI=1S/C8H16O2/c1-2-3-5-8(10)6-4-7-9/h2-3,8-10H,4-7H2,1H3/b3-2+. The van der Waals surface area contributed by atoms with Gasteiger partial charge in [0.2, 0.25) is 0 Å². The number of rotatable bonds is 5. The van der Waals surface area contributed by atoms with E-state index in [1.165, 1.54) is 0 Å². The Morgan fingerprint density at radius 1 is 1.50 bits per heavy atom. The minimum Gasteiger partial charge on any atom is -0.396 e. The van der Waals surface area contributed by atoms with E-state index < -0.39 is 0 Å². The van der Waals surface area contributed by atoms with Crippen LogP contribution in [-0.4, -0.2) is 22.9 Å². The number of hydrogen-bond donors (Lipinski definition) is 2. The first-order valence-electron chi connectivity index (χ1n) is 3.71. The van der Waals surface area contributed by atoms with Crippen molar-refractivity contribution in [2.75, 3.05) is 6.61 Å². The fourth-order valence-electron chi connectivity index (χ4n) is 0.738. The van der Waals surface area contributed by atoms with Crippen molar-refractivity contribution in [2.45, 2.75) is 32.3 Å². The topological polar surface area (TPSA) is 40.5 Å². The Labute approximate surface area is 62.2 Å². The van der Waals surface area contributed by atoms with Gasteiger partial charge in [-0.25, -0.2) is 0 Å². The summed E-state index contributed by atoms with van der Waals surface area (Å²) in [5.41, 5.74) is 0. The Morgan fingerprint density at radius 2 is 2.20 bits per heavy atom. The third-order valence-electron chi connectivity index (χ3n) is 1.34. The highest BCUT2D eigenvalue weighted by Gasteiger charge is 1.98. The second-order valence-corrected chi connectivity index (χ2v) is 2.32. The SMILES string of the molecule is C/C=C/CC(O)CCCO. The fraction of sp³-hybridized carbons (Fsp3) is 0.750. The van der Waals surface area contributed by atoms with E-state index in [2.05, 4.69) is 0 Å². The van der Waals surface area contributed by atoms with Crippen molar-refractivity contribution in [3.05, 3.63) is 12.2 Å². The molecule has 0 aromatic carbocycles. The number of hydrogen-bond acceptors (Lipinski definition) is 2. The van der Waals surface area contributed by atoms with Gasteiger partial charge in [0.1, 0.15) is 0 Å². The highest BCUT2D eigenvalue weighted by Crippen LogP contribution is 2.01. The summed E-state index contributed by atoms with van der Waals surface area (Å²) < 4.78 is 0. The smallest absolute Gasteiger partial charge is 0.0575 e. The van der Waals surface area contributed by atoms with Crippen LogP contribution < -0.4 is 0 Å². The lowest BCUT2D eigenvalue weighted by atomic mass is 10.1. The van der Waals surface area contributed by atoms with E-state index in [-0.39, 0.29) is 12.7 Å². The predicted octanol–water partition coefficient (Wildman–Crippen LogP) is 1.09. The molecule has 10 heavy (non-hydrogen) atoms. The molecule has 0 saturated carbocycles. The fourth-order valence-corrected chi connectivity index (χ4v) is 0.738. The largest absolute Gasteiger partial charge is 0.396 e. The molecule has 1 atom stereocenters. The molecule has 0 rings (SSSR count). The van der Waals surface area contributed by atoms with E-state index in [1.54, 1.807) is 0 Å². The first-order valence-corrected chi connectivity index (χ1v) is 3.71. The molecule has 0 bridgehead atoms. The second kappa shape index (κ2) is 6.78. The summed E-state index contributed by atoms with van der Waals surface area (Å²) in [5.74, 6) is 0. The van der Waals surface area contributed by atoms with Crippen LogP contribution in [0.2, 0.25) is 0 Å². The highest BCUT2D eigenvalue weighted by atomic mass is 16.3. The van der Waals surface area contributed by atoms with Crippen LogP contribution in [0.3, 0.4) is 0 Å². The third-order valence-corrected chi connectivity index (χ3v) is 1.34. The summed E-state index contributed by atoms with van der Waals surface area (Å²) >= 11 is 0. The zero-order valence-corrected chi connectivity index (χ0v) is 6.45. The molecule has 1 unspecified atom stereocenters. The zero-order valence-electron chi connectivity index (χ0n) is 6.45. The van der Waals surface area contributed by atoms with E-state index in [0.29, 0.717) is 19.3 Å². The molecular weight excluding hydrogens is 128 g/mol. The van der Waals surface area contributed by atoms with E-state index >= 15 is 0 Å². The molecule has 0 spiro atoms. The van der Waals surface area contributed by atoms with Crippen LogP contribution in [0.25, 0.3) is 0 Å². The molecule has 0 aliphatic carbocycles. The monoisotopic (exact) mass is 144 g/mol. The van der Waals surface area contributed by atoms with Gasteiger partial charge in [0.15, 0.2) is 0 Å². The molecule has 2 heteroatoms.